The average Bonchev–Trinajstić information content (AvgIpc) is 2.61. The van der Waals surface area contributed by atoms with Gasteiger partial charge in [-0.1, -0.05) is 30.3 Å². The van der Waals surface area contributed by atoms with Crippen LogP contribution in [-0.4, -0.2) is 45.1 Å². The van der Waals surface area contributed by atoms with E-state index >= 15 is 0 Å². The van der Waals surface area contributed by atoms with E-state index in [-0.39, 0.29) is 19.0 Å². The zero-order valence-electron chi connectivity index (χ0n) is 16.2. The molecule has 0 heterocycles. The molecule has 2 rings (SSSR count). The summed E-state index contributed by atoms with van der Waals surface area (Å²) in [5.41, 5.74) is 3.53. The number of para-hydroxylation sites is 1. The lowest BCUT2D eigenvalue weighted by molar-refractivity contribution is -0.116. The molecule has 6 nitrogen and oxygen atoms in total. The van der Waals surface area contributed by atoms with Crippen molar-refractivity contribution in [3.8, 4) is 5.75 Å². The van der Waals surface area contributed by atoms with Crippen molar-refractivity contribution >= 4 is 21.6 Å². The van der Waals surface area contributed by atoms with E-state index in [4.69, 9.17) is 4.74 Å². The minimum atomic E-state index is -3.53. The van der Waals surface area contributed by atoms with Gasteiger partial charge in [0.1, 0.15) is 5.75 Å². The van der Waals surface area contributed by atoms with E-state index in [1.807, 2.05) is 56.3 Å². The third-order valence-corrected chi connectivity index (χ3v) is 5.53. The highest BCUT2D eigenvalue weighted by Crippen LogP contribution is 2.19. The van der Waals surface area contributed by atoms with Gasteiger partial charge < -0.3 is 10.1 Å². The van der Waals surface area contributed by atoms with Gasteiger partial charge in [0.2, 0.25) is 15.9 Å². The predicted octanol–water partition coefficient (Wildman–Crippen LogP) is 2.75. The highest BCUT2D eigenvalue weighted by Gasteiger charge is 2.21. The number of methoxy groups -OCH3 is 1. The van der Waals surface area contributed by atoms with Crippen LogP contribution in [0.3, 0.4) is 0 Å². The van der Waals surface area contributed by atoms with Gasteiger partial charge in [-0.3, -0.25) is 4.79 Å². The molecule has 0 radical (unpaired) electrons. The van der Waals surface area contributed by atoms with Crippen LogP contribution >= 0.6 is 0 Å². The van der Waals surface area contributed by atoms with Gasteiger partial charge in [0.15, 0.2) is 0 Å². The number of ether oxygens (including phenoxy) is 1. The molecular formula is C20H26N2O4S. The van der Waals surface area contributed by atoms with Gasteiger partial charge in [-0.2, -0.15) is 4.31 Å². The van der Waals surface area contributed by atoms with Crippen LogP contribution in [0.5, 0.6) is 5.75 Å². The van der Waals surface area contributed by atoms with Crippen LogP contribution in [-0.2, 0) is 21.2 Å². The van der Waals surface area contributed by atoms with Gasteiger partial charge in [-0.15, -0.1) is 0 Å². The van der Waals surface area contributed by atoms with Crippen molar-refractivity contribution in [2.45, 2.75) is 20.3 Å². The molecular weight excluding hydrogens is 364 g/mol. The monoisotopic (exact) mass is 390 g/mol. The lowest BCUT2D eigenvalue weighted by atomic mass is 10.1. The largest absolute Gasteiger partial charge is 0.496 e. The van der Waals surface area contributed by atoms with E-state index in [1.54, 1.807) is 7.11 Å². The van der Waals surface area contributed by atoms with E-state index in [0.29, 0.717) is 17.9 Å². The highest BCUT2D eigenvalue weighted by molar-refractivity contribution is 7.88. The molecule has 0 saturated heterocycles. The first-order valence-electron chi connectivity index (χ1n) is 8.65. The molecule has 0 bridgehead atoms. The number of sulfonamides is 1. The number of amides is 1. The Morgan fingerprint density at radius 2 is 1.85 bits per heavy atom. The van der Waals surface area contributed by atoms with Crippen molar-refractivity contribution in [3.05, 3.63) is 59.2 Å². The maximum Gasteiger partial charge on any atom is 0.239 e. The standard InChI is InChI=1S/C20H26N2O4S/c1-15-9-10-16(2)18(13-15)21-20(23)14-22(27(4,24)25)12-11-17-7-5-6-8-19(17)26-3/h5-10,13H,11-12,14H2,1-4H3,(H,21,23). The number of anilines is 1. The lowest BCUT2D eigenvalue weighted by Gasteiger charge is -2.20. The quantitative estimate of drug-likeness (QED) is 0.752. The molecule has 1 N–H and O–H groups in total. The summed E-state index contributed by atoms with van der Waals surface area (Å²) < 4.78 is 30.7. The Morgan fingerprint density at radius 3 is 2.52 bits per heavy atom. The van der Waals surface area contributed by atoms with Crippen LogP contribution in [0.4, 0.5) is 5.69 Å². The van der Waals surface area contributed by atoms with Crippen LogP contribution in [0.25, 0.3) is 0 Å². The Hall–Kier alpha value is -2.38. The number of benzene rings is 2. The molecule has 2 aromatic rings. The van der Waals surface area contributed by atoms with Crippen LogP contribution in [0.15, 0.2) is 42.5 Å². The van der Waals surface area contributed by atoms with Crippen molar-refractivity contribution in [1.29, 1.82) is 0 Å². The fourth-order valence-electron chi connectivity index (χ4n) is 2.74. The first-order chi connectivity index (χ1) is 12.7. The van der Waals surface area contributed by atoms with E-state index < -0.39 is 10.0 Å². The molecule has 27 heavy (non-hydrogen) atoms. The number of carbonyl (C=O) groups excluding carboxylic acids is 1. The van der Waals surface area contributed by atoms with Crippen LogP contribution in [0, 0.1) is 13.8 Å². The summed E-state index contributed by atoms with van der Waals surface area (Å²) in [6.07, 6.45) is 1.56. The number of carbonyl (C=O) groups is 1. The lowest BCUT2D eigenvalue weighted by Crippen LogP contribution is -2.38. The van der Waals surface area contributed by atoms with Crippen LogP contribution in [0.2, 0.25) is 0 Å². The Kier molecular flexibility index (Phi) is 6.98. The van der Waals surface area contributed by atoms with Crippen molar-refractivity contribution in [1.82, 2.24) is 4.31 Å². The zero-order chi connectivity index (χ0) is 20.0. The number of rotatable bonds is 8. The maximum absolute atomic E-state index is 12.4. The number of nitrogens with zero attached hydrogens (tertiary/aromatic N) is 1. The molecule has 7 heteroatoms. The van der Waals surface area contributed by atoms with E-state index in [2.05, 4.69) is 5.32 Å². The molecule has 0 fully saturated rings. The molecule has 0 aliphatic heterocycles. The molecule has 146 valence electrons. The van der Waals surface area contributed by atoms with E-state index in [9.17, 15) is 13.2 Å². The second-order valence-corrected chi connectivity index (χ2v) is 8.51. The Bertz CT molecular complexity index is 910. The number of hydrogen-bond donors (Lipinski definition) is 1. The molecule has 0 spiro atoms. The topological polar surface area (TPSA) is 75.7 Å². The number of aryl methyl sites for hydroxylation is 2. The van der Waals surface area contributed by atoms with Gasteiger partial charge in [-0.25, -0.2) is 8.42 Å². The fraction of sp³-hybridized carbons (Fsp3) is 0.350. The molecule has 1 amide bonds. The molecule has 0 atom stereocenters. The maximum atomic E-state index is 12.4. The van der Waals surface area contributed by atoms with E-state index in [1.165, 1.54) is 4.31 Å². The van der Waals surface area contributed by atoms with Gasteiger partial charge in [0.05, 0.1) is 19.9 Å². The van der Waals surface area contributed by atoms with Gasteiger partial charge >= 0.3 is 0 Å². The molecule has 0 aliphatic carbocycles. The van der Waals surface area contributed by atoms with Crippen molar-refractivity contribution in [2.75, 3.05) is 31.8 Å². The Balaban J connectivity index is 2.08. The van der Waals surface area contributed by atoms with E-state index in [0.717, 1.165) is 22.9 Å². The normalized spacial score (nSPS) is 11.4. The second kappa shape index (κ2) is 9.01. The van der Waals surface area contributed by atoms with Crippen molar-refractivity contribution in [2.24, 2.45) is 0 Å². The molecule has 0 aliphatic rings. The molecule has 0 aromatic heterocycles. The highest BCUT2D eigenvalue weighted by atomic mass is 32.2. The number of nitrogens with one attached hydrogen (secondary N) is 1. The predicted molar refractivity (Wildman–Crippen MR) is 108 cm³/mol. The molecule has 0 saturated carbocycles. The van der Waals surface area contributed by atoms with Crippen molar-refractivity contribution in [3.63, 3.8) is 0 Å². The smallest absolute Gasteiger partial charge is 0.239 e. The zero-order valence-corrected chi connectivity index (χ0v) is 17.0. The van der Waals surface area contributed by atoms with Gasteiger partial charge in [0.25, 0.3) is 0 Å². The fourth-order valence-corrected chi connectivity index (χ4v) is 3.51. The summed E-state index contributed by atoms with van der Waals surface area (Å²) in [4.78, 5) is 12.4. The Morgan fingerprint density at radius 1 is 1.15 bits per heavy atom. The first kappa shape index (κ1) is 20.9. The summed E-state index contributed by atoms with van der Waals surface area (Å²) in [5, 5.41) is 2.80. The average molecular weight is 391 g/mol. The van der Waals surface area contributed by atoms with Gasteiger partial charge in [-0.05, 0) is 49.1 Å². The second-order valence-electron chi connectivity index (χ2n) is 6.52. The summed E-state index contributed by atoms with van der Waals surface area (Å²) in [5.74, 6) is 0.333. The Labute approximate surface area is 161 Å². The SMILES string of the molecule is COc1ccccc1CCN(CC(=O)Nc1cc(C)ccc1C)S(C)(=O)=O. The first-order valence-corrected chi connectivity index (χ1v) is 10.5. The van der Waals surface area contributed by atoms with Gasteiger partial charge in [0, 0.05) is 12.2 Å². The third-order valence-electron chi connectivity index (χ3n) is 4.28. The summed E-state index contributed by atoms with van der Waals surface area (Å²) in [6, 6.07) is 13.2. The molecule has 2 aromatic carbocycles. The van der Waals surface area contributed by atoms with Crippen LogP contribution < -0.4 is 10.1 Å². The number of hydrogen-bond acceptors (Lipinski definition) is 4. The summed E-state index contributed by atoms with van der Waals surface area (Å²) in [6.45, 7) is 3.79. The summed E-state index contributed by atoms with van der Waals surface area (Å²) in [7, 11) is -1.95. The van der Waals surface area contributed by atoms with Crippen molar-refractivity contribution < 1.29 is 17.9 Å². The molecule has 0 unspecified atom stereocenters. The summed E-state index contributed by atoms with van der Waals surface area (Å²) >= 11 is 0. The third kappa shape index (κ3) is 6.08. The minimum absolute atomic E-state index is 0.194. The van der Waals surface area contributed by atoms with Crippen LogP contribution in [0.1, 0.15) is 16.7 Å². The minimum Gasteiger partial charge on any atom is -0.496 e.